The minimum Gasteiger partial charge on any atom is -0.329 e. The monoisotopic (exact) mass is 219 g/mol. The molecule has 0 spiro atoms. The maximum atomic E-state index is 11.8. The molecular formula is C10H21NO2S. The van der Waals surface area contributed by atoms with E-state index in [2.05, 4.69) is 13.8 Å². The molecule has 1 rings (SSSR count). The highest BCUT2D eigenvalue weighted by molar-refractivity contribution is 7.92. The predicted molar refractivity (Wildman–Crippen MR) is 58.8 cm³/mol. The van der Waals surface area contributed by atoms with Crippen LogP contribution in [0.4, 0.5) is 0 Å². The van der Waals surface area contributed by atoms with Crippen LogP contribution in [0.15, 0.2) is 0 Å². The molecule has 14 heavy (non-hydrogen) atoms. The second-order valence-electron chi connectivity index (χ2n) is 4.70. The Balaban J connectivity index is 2.68. The Morgan fingerprint density at radius 2 is 1.64 bits per heavy atom. The zero-order chi connectivity index (χ0) is 10.8. The highest BCUT2D eigenvalue weighted by atomic mass is 32.2. The van der Waals surface area contributed by atoms with E-state index in [1.54, 1.807) is 0 Å². The molecule has 1 aliphatic carbocycles. The summed E-state index contributed by atoms with van der Waals surface area (Å²) < 4.78 is 23.6. The van der Waals surface area contributed by atoms with Crippen LogP contribution < -0.4 is 5.73 Å². The predicted octanol–water partition coefficient (Wildman–Crippen LogP) is 1.18. The van der Waals surface area contributed by atoms with Gasteiger partial charge in [0.1, 0.15) is 0 Å². The van der Waals surface area contributed by atoms with Crippen molar-refractivity contribution in [2.45, 2.75) is 38.4 Å². The Morgan fingerprint density at radius 1 is 1.14 bits per heavy atom. The van der Waals surface area contributed by atoms with E-state index in [1.165, 1.54) is 0 Å². The third-order valence-electron chi connectivity index (χ3n) is 3.05. The number of hydrogen-bond donors (Lipinski definition) is 1. The van der Waals surface area contributed by atoms with Crippen molar-refractivity contribution >= 4 is 9.84 Å². The Bertz CT molecular complexity index is 264. The molecule has 4 heteroatoms. The Hall–Kier alpha value is -0.0900. The van der Waals surface area contributed by atoms with Crippen LogP contribution in [0.25, 0.3) is 0 Å². The Labute approximate surface area is 87.0 Å². The molecule has 0 aromatic heterocycles. The van der Waals surface area contributed by atoms with Crippen molar-refractivity contribution in [3.63, 3.8) is 0 Å². The first-order chi connectivity index (χ1) is 6.45. The molecule has 0 aliphatic heterocycles. The fraction of sp³-hybridized carbons (Fsp3) is 1.00. The summed E-state index contributed by atoms with van der Waals surface area (Å²) >= 11 is 0. The van der Waals surface area contributed by atoms with Gasteiger partial charge >= 0.3 is 0 Å². The van der Waals surface area contributed by atoms with Crippen LogP contribution in [0.3, 0.4) is 0 Å². The highest BCUT2D eigenvalue weighted by Crippen LogP contribution is 2.32. The van der Waals surface area contributed by atoms with Crippen LogP contribution >= 0.6 is 0 Å². The minimum atomic E-state index is -2.92. The third-order valence-corrected chi connectivity index (χ3v) is 5.25. The Kier molecular flexibility index (Phi) is 3.95. The summed E-state index contributed by atoms with van der Waals surface area (Å²) in [6.45, 7) is 4.53. The molecule has 1 aliphatic rings. The van der Waals surface area contributed by atoms with Crippen molar-refractivity contribution in [2.24, 2.45) is 17.6 Å². The largest absolute Gasteiger partial charge is 0.329 e. The standard InChI is InChI=1S/C10H21NO2S/c1-8-5-9(2)7-10(6-8)14(12,13)4-3-11/h8-10H,3-7,11H2,1-2H3. The molecule has 0 amide bonds. The number of hydrogen-bond acceptors (Lipinski definition) is 3. The van der Waals surface area contributed by atoms with Gasteiger partial charge in [-0.1, -0.05) is 13.8 Å². The van der Waals surface area contributed by atoms with Gasteiger partial charge in [0.25, 0.3) is 0 Å². The molecule has 0 bridgehead atoms. The average Bonchev–Trinajstić information content (AvgIpc) is 2.02. The summed E-state index contributed by atoms with van der Waals surface area (Å²) in [5, 5.41) is -0.134. The van der Waals surface area contributed by atoms with Gasteiger partial charge in [0.05, 0.1) is 11.0 Å². The molecule has 0 aromatic rings. The van der Waals surface area contributed by atoms with Crippen molar-refractivity contribution in [1.29, 1.82) is 0 Å². The van der Waals surface area contributed by atoms with E-state index in [0.717, 1.165) is 19.3 Å². The second kappa shape index (κ2) is 4.62. The van der Waals surface area contributed by atoms with Crippen LogP contribution in [0.2, 0.25) is 0 Å². The minimum absolute atomic E-state index is 0.134. The van der Waals surface area contributed by atoms with E-state index < -0.39 is 9.84 Å². The van der Waals surface area contributed by atoms with Gasteiger partial charge in [0.2, 0.25) is 0 Å². The lowest BCUT2D eigenvalue weighted by molar-refractivity contribution is 0.301. The van der Waals surface area contributed by atoms with Crippen molar-refractivity contribution in [3.8, 4) is 0 Å². The van der Waals surface area contributed by atoms with E-state index in [1.807, 2.05) is 0 Å². The average molecular weight is 219 g/mol. The summed E-state index contributed by atoms with van der Waals surface area (Å²) in [7, 11) is -2.92. The molecule has 0 saturated heterocycles. The lowest BCUT2D eigenvalue weighted by Gasteiger charge is -2.30. The van der Waals surface area contributed by atoms with Gasteiger partial charge in [0, 0.05) is 6.54 Å². The van der Waals surface area contributed by atoms with Gasteiger partial charge in [-0.25, -0.2) is 8.42 Å². The van der Waals surface area contributed by atoms with Crippen LogP contribution in [0.1, 0.15) is 33.1 Å². The van der Waals surface area contributed by atoms with Crippen molar-refractivity contribution in [2.75, 3.05) is 12.3 Å². The zero-order valence-corrected chi connectivity index (χ0v) is 9.89. The van der Waals surface area contributed by atoms with Crippen LogP contribution in [-0.4, -0.2) is 26.0 Å². The van der Waals surface area contributed by atoms with Gasteiger partial charge in [-0.2, -0.15) is 0 Å². The fourth-order valence-electron chi connectivity index (χ4n) is 2.50. The SMILES string of the molecule is CC1CC(C)CC(S(=O)(=O)CCN)C1. The summed E-state index contributed by atoms with van der Waals surface area (Å²) in [5.74, 6) is 1.23. The topological polar surface area (TPSA) is 60.2 Å². The molecule has 0 radical (unpaired) electrons. The molecule has 2 atom stereocenters. The number of sulfone groups is 1. The zero-order valence-electron chi connectivity index (χ0n) is 9.07. The summed E-state index contributed by atoms with van der Waals surface area (Å²) in [6.07, 6.45) is 2.81. The van der Waals surface area contributed by atoms with Crippen molar-refractivity contribution in [3.05, 3.63) is 0 Å². The summed E-state index contributed by atoms with van der Waals surface area (Å²) in [5.41, 5.74) is 5.31. The lowest BCUT2D eigenvalue weighted by atomic mass is 9.83. The molecule has 0 aromatic carbocycles. The van der Waals surface area contributed by atoms with E-state index >= 15 is 0 Å². The normalized spacial score (nSPS) is 34.4. The third kappa shape index (κ3) is 2.95. The molecular weight excluding hydrogens is 198 g/mol. The lowest BCUT2D eigenvalue weighted by Crippen LogP contribution is -2.34. The van der Waals surface area contributed by atoms with Gasteiger partial charge in [0.15, 0.2) is 9.84 Å². The quantitative estimate of drug-likeness (QED) is 0.775. The molecule has 2 N–H and O–H groups in total. The van der Waals surface area contributed by atoms with Crippen molar-refractivity contribution < 1.29 is 8.42 Å². The van der Waals surface area contributed by atoms with E-state index in [0.29, 0.717) is 11.8 Å². The molecule has 3 nitrogen and oxygen atoms in total. The molecule has 84 valence electrons. The first kappa shape index (κ1) is 12.0. The summed E-state index contributed by atoms with van der Waals surface area (Å²) in [6, 6.07) is 0. The summed E-state index contributed by atoms with van der Waals surface area (Å²) in [4.78, 5) is 0. The maximum absolute atomic E-state index is 11.8. The molecule has 2 unspecified atom stereocenters. The van der Waals surface area contributed by atoms with Crippen molar-refractivity contribution in [1.82, 2.24) is 0 Å². The fourth-order valence-corrected chi connectivity index (χ4v) is 4.40. The van der Waals surface area contributed by atoms with Gasteiger partial charge in [-0.3, -0.25) is 0 Å². The van der Waals surface area contributed by atoms with Gasteiger partial charge in [-0.05, 0) is 31.1 Å². The van der Waals surface area contributed by atoms with Gasteiger partial charge < -0.3 is 5.73 Å². The van der Waals surface area contributed by atoms with Crippen LogP contribution in [0, 0.1) is 11.8 Å². The van der Waals surface area contributed by atoms with E-state index in [-0.39, 0.29) is 17.5 Å². The Morgan fingerprint density at radius 3 is 2.07 bits per heavy atom. The number of nitrogens with two attached hydrogens (primary N) is 1. The molecule has 0 heterocycles. The first-order valence-electron chi connectivity index (χ1n) is 5.37. The van der Waals surface area contributed by atoms with Gasteiger partial charge in [-0.15, -0.1) is 0 Å². The number of rotatable bonds is 3. The van der Waals surface area contributed by atoms with Crippen LogP contribution in [0.5, 0.6) is 0 Å². The molecule has 1 saturated carbocycles. The smallest absolute Gasteiger partial charge is 0.154 e. The maximum Gasteiger partial charge on any atom is 0.154 e. The second-order valence-corrected chi connectivity index (χ2v) is 7.10. The van der Waals surface area contributed by atoms with E-state index in [9.17, 15) is 8.42 Å². The van der Waals surface area contributed by atoms with Crippen LogP contribution in [-0.2, 0) is 9.84 Å². The molecule has 1 fully saturated rings. The highest BCUT2D eigenvalue weighted by Gasteiger charge is 2.32. The first-order valence-corrected chi connectivity index (χ1v) is 7.09. The van der Waals surface area contributed by atoms with E-state index in [4.69, 9.17) is 5.73 Å².